The van der Waals surface area contributed by atoms with Crippen molar-refractivity contribution in [3.63, 3.8) is 0 Å². The molecule has 0 saturated heterocycles. The van der Waals surface area contributed by atoms with Crippen molar-refractivity contribution >= 4 is 17.6 Å². The highest BCUT2D eigenvalue weighted by Gasteiger charge is 2.35. The Morgan fingerprint density at radius 3 is 2.84 bits per heavy atom. The fraction of sp³-hybridized carbons (Fsp3) is 0.211. The number of nitrogens with zero attached hydrogens (tertiary/aromatic N) is 2. The molecule has 1 heterocycles. The molecule has 126 valence electrons. The summed E-state index contributed by atoms with van der Waals surface area (Å²) in [6.07, 6.45) is -1.08. The van der Waals surface area contributed by atoms with Crippen LogP contribution in [0.25, 0.3) is 0 Å². The van der Waals surface area contributed by atoms with E-state index < -0.39 is 12.1 Å². The lowest BCUT2D eigenvalue weighted by molar-refractivity contribution is -0.145. The molecule has 6 nitrogen and oxygen atoms in total. The highest BCUT2D eigenvalue weighted by atomic mass is 16.5. The van der Waals surface area contributed by atoms with Gasteiger partial charge in [0.2, 0.25) is 0 Å². The van der Waals surface area contributed by atoms with Crippen LogP contribution >= 0.6 is 0 Å². The van der Waals surface area contributed by atoms with E-state index >= 15 is 0 Å². The maximum absolute atomic E-state index is 12.8. The van der Waals surface area contributed by atoms with Gasteiger partial charge < -0.3 is 14.4 Å². The number of carbonyl (C=O) groups excluding carboxylic acids is 2. The summed E-state index contributed by atoms with van der Waals surface area (Å²) in [6, 6.07) is 16.3. The Morgan fingerprint density at radius 1 is 1.28 bits per heavy atom. The van der Waals surface area contributed by atoms with Gasteiger partial charge in [-0.05, 0) is 29.8 Å². The van der Waals surface area contributed by atoms with Gasteiger partial charge in [0.05, 0.1) is 37.4 Å². The van der Waals surface area contributed by atoms with Gasteiger partial charge in [0.25, 0.3) is 5.91 Å². The zero-order chi connectivity index (χ0) is 17.8. The van der Waals surface area contributed by atoms with E-state index in [1.807, 2.05) is 12.1 Å². The first kappa shape index (κ1) is 16.5. The van der Waals surface area contributed by atoms with Crippen molar-refractivity contribution < 1.29 is 19.1 Å². The Morgan fingerprint density at radius 2 is 2.08 bits per heavy atom. The number of hydrogen-bond donors (Lipinski definition) is 0. The molecular weight excluding hydrogens is 320 g/mol. The summed E-state index contributed by atoms with van der Waals surface area (Å²) in [4.78, 5) is 26.0. The third-order valence-corrected chi connectivity index (χ3v) is 3.94. The zero-order valence-electron chi connectivity index (χ0n) is 13.6. The van der Waals surface area contributed by atoms with Crippen molar-refractivity contribution in [2.24, 2.45) is 0 Å². The number of hydrogen-bond acceptors (Lipinski definition) is 5. The lowest BCUT2D eigenvalue weighted by atomic mass is 10.1. The monoisotopic (exact) mass is 336 g/mol. The van der Waals surface area contributed by atoms with E-state index in [4.69, 9.17) is 10.00 Å². The SMILES string of the molecule is COC(=O)C[C@@H]1Oc2ccccc2N(Cc2cccc(C#N)c2)C1=O. The van der Waals surface area contributed by atoms with E-state index in [1.165, 1.54) is 7.11 Å². The van der Waals surface area contributed by atoms with Crippen molar-refractivity contribution in [3.05, 3.63) is 59.7 Å². The van der Waals surface area contributed by atoms with E-state index in [0.717, 1.165) is 5.56 Å². The van der Waals surface area contributed by atoms with Gasteiger partial charge in [-0.25, -0.2) is 0 Å². The molecule has 0 unspecified atom stereocenters. The number of fused-ring (bicyclic) bond motifs is 1. The van der Waals surface area contributed by atoms with Gasteiger partial charge in [-0.15, -0.1) is 0 Å². The summed E-state index contributed by atoms with van der Waals surface area (Å²) < 4.78 is 10.3. The number of esters is 1. The fourth-order valence-corrected chi connectivity index (χ4v) is 2.72. The maximum Gasteiger partial charge on any atom is 0.309 e. The molecule has 6 heteroatoms. The number of nitriles is 1. The first-order valence-electron chi connectivity index (χ1n) is 7.75. The van der Waals surface area contributed by atoms with Gasteiger partial charge in [0.1, 0.15) is 5.75 Å². The zero-order valence-corrected chi connectivity index (χ0v) is 13.6. The van der Waals surface area contributed by atoms with Gasteiger partial charge in [0.15, 0.2) is 6.10 Å². The predicted molar refractivity (Wildman–Crippen MR) is 89.8 cm³/mol. The summed E-state index contributed by atoms with van der Waals surface area (Å²) in [6.45, 7) is 0.284. The molecular formula is C19H16N2O4. The van der Waals surface area contributed by atoms with Crippen LogP contribution in [0.15, 0.2) is 48.5 Å². The second-order valence-corrected chi connectivity index (χ2v) is 5.59. The predicted octanol–water partition coefficient (Wildman–Crippen LogP) is 2.42. The van der Waals surface area contributed by atoms with Crippen LogP contribution in [0.5, 0.6) is 5.75 Å². The molecule has 0 aliphatic carbocycles. The molecule has 2 aromatic carbocycles. The van der Waals surface area contributed by atoms with Crippen LogP contribution in [0.1, 0.15) is 17.5 Å². The molecule has 3 rings (SSSR count). The molecule has 1 aliphatic heterocycles. The molecule has 0 aromatic heterocycles. The lowest BCUT2D eigenvalue weighted by Crippen LogP contribution is -2.46. The summed E-state index contributed by atoms with van der Waals surface area (Å²) in [5.74, 6) is -0.289. The Bertz CT molecular complexity index is 856. The molecule has 25 heavy (non-hydrogen) atoms. The minimum Gasteiger partial charge on any atom is -0.478 e. The summed E-state index contributed by atoms with van der Waals surface area (Å²) >= 11 is 0. The number of carbonyl (C=O) groups is 2. The summed E-state index contributed by atoms with van der Waals surface area (Å²) in [5.41, 5.74) is 1.98. The molecule has 2 aromatic rings. The maximum atomic E-state index is 12.8. The quantitative estimate of drug-likeness (QED) is 0.801. The molecule has 0 spiro atoms. The van der Waals surface area contributed by atoms with Crippen LogP contribution in [0, 0.1) is 11.3 Å². The molecule has 1 aliphatic rings. The van der Waals surface area contributed by atoms with E-state index in [9.17, 15) is 9.59 Å². The third kappa shape index (κ3) is 3.45. The third-order valence-electron chi connectivity index (χ3n) is 3.94. The van der Waals surface area contributed by atoms with Gasteiger partial charge >= 0.3 is 5.97 Å². The van der Waals surface area contributed by atoms with Crippen molar-refractivity contribution in [2.45, 2.75) is 19.1 Å². The number of benzene rings is 2. The number of amides is 1. The van der Waals surface area contributed by atoms with E-state index in [2.05, 4.69) is 10.8 Å². The second kappa shape index (κ2) is 7.05. The summed E-state index contributed by atoms with van der Waals surface area (Å²) in [7, 11) is 1.27. The molecule has 0 saturated carbocycles. The van der Waals surface area contributed by atoms with Gasteiger partial charge in [-0.2, -0.15) is 5.26 Å². The minimum atomic E-state index is -0.929. The first-order valence-corrected chi connectivity index (χ1v) is 7.75. The van der Waals surface area contributed by atoms with Gasteiger partial charge in [-0.1, -0.05) is 24.3 Å². The van der Waals surface area contributed by atoms with Crippen LogP contribution < -0.4 is 9.64 Å². The Hall–Kier alpha value is -3.33. The normalized spacial score (nSPS) is 15.8. The Balaban J connectivity index is 1.93. The van der Waals surface area contributed by atoms with Crippen LogP contribution in [-0.2, 0) is 20.9 Å². The van der Waals surface area contributed by atoms with Crippen LogP contribution in [-0.4, -0.2) is 25.1 Å². The topological polar surface area (TPSA) is 79.6 Å². The van der Waals surface area contributed by atoms with E-state index in [0.29, 0.717) is 17.0 Å². The Labute approximate surface area is 145 Å². The van der Waals surface area contributed by atoms with Crippen LogP contribution in [0.2, 0.25) is 0 Å². The van der Waals surface area contributed by atoms with Gasteiger partial charge in [-0.3, -0.25) is 9.59 Å². The van der Waals surface area contributed by atoms with Crippen LogP contribution in [0.3, 0.4) is 0 Å². The molecule has 0 N–H and O–H groups in total. The first-order chi connectivity index (χ1) is 12.1. The highest BCUT2D eigenvalue weighted by Crippen LogP contribution is 2.35. The molecule has 0 bridgehead atoms. The van der Waals surface area contributed by atoms with Crippen molar-refractivity contribution in [1.82, 2.24) is 0 Å². The molecule has 1 atom stereocenters. The standard InChI is InChI=1S/C19H16N2O4/c1-24-18(22)10-17-19(23)21(15-7-2-3-8-16(15)25-17)12-14-6-4-5-13(9-14)11-20/h2-9,17H,10,12H2,1H3/t17-/m0/s1. The molecule has 0 fully saturated rings. The average Bonchev–Trinajstić information content (AvgIpc) is 2.65. The van der Waals surface area contributed by atoms with Crippen molar-refractivity contribution in [1.29, 1.82) is 5.26 Å². The lowest BCUT2D eigenvalue weighted by Gasteiger charge is -2.34. The fourth-order valence-electron chi connectivity index (χ4n) is 2.72. The van der Waals surface area contributed by atoms with E-state index in [-0.39, 0.29) is 18.9 Å². The number of methoxy groups -OCH3 is 1. The number of anilines is 1. The van der Waals surface area contributed by atoms with Crippen LogP contribution in [0.4, 0.5) is 5.69 Å². The van der Waals surface area contributed by atoms with E-state index in [1.54, 1.807) is 41.3 Å². The Kier molecular flexibility index (Phi) is 4.66. The minimum absolute atomic E-state index is 0.154. The van der Waals surface area contributed by atoms with Crippen molar-refractivity contribution in [3.8, 4) is 11.8 Å². The largest absolute Gasteiger partial charge is 0.478 e. The second-order valence-electron chi connectivity index (χ2n) is 5.59. The number of para-hydroxylation sites is 2. The smallest absolute Gasteiger partial charge is 0.309 e. The highest BCUT2D eigenvalue weighted by molar-refractivity contribution is 6.01. The van der Waals surface area contributed by atoms with Crippen molar-refractivity contribution in [2.75, 3.05) is 12.0 Å². The van der Waals surface area contributed by atoms with Gasteiger partial charge in [0, 0.05) is 0 Å². The average molecular weight is 336 g/mol. The number of rotatable bonds is 4. The summed E-state index contributed by atoms with van der Waals surface area (Å²) in [5, 5.41) is 9.04. The molecule has 0 radical (unpaired) electrons. The number of ether oxygens (including phenoxy) is 2. The molecule has 1 amide bonds.